The first-order valence-corrected chi connectivity index (χ1v) is 8.52. The van der Waals surface area contributed by atoms with Gasteiger partial charge in [-0.3, -0.25) is 14.7 Å². The summed E-state index contributed by atoms with van der Waals surface area (Å²) in [7, 11) is 4.10. The Morgan fingerprint density at radius 2 is 2.00 bits per heavy atom. The molecule has 0 N–H and O–H groups in total. The lowest BCUT2D eigenvalue weighted by atomic mass is 10.2. The van der Waals surface area contributed by atoms with Crippen LogP contribution in [0.25, 0.3) is 11.4 Å². The molecule has 0 aliphatic heterocycles. The second-order valence-electron chi connectivity index (χ2n) is 5.86. The van der Waals surface area contributed by atoms with Gasteiger partial charge in [0.15, 0.2) is 11.0 Å². The first-order chi connectivity index (χ1) is 11.1. The Hall–Kier alpha value is -1.93. The van der Waals surface area contributed by atoms with Gasteiger partial charge in [0.2, 0.25) is 0 Å². The maximum Gasteiger partial charge on any atom is 0.269 e. The predicted octanol–water partition coefficient (Wildman–Crippen LogP) is 2.84. The van der Waals surface area contributed by atoms with Crippen LogP contribution in [0.3, 0.4) is 0 Å². The molecule has 1 saturated carbocycles. The van der Waals surface area contributed by atoms with E-state index < -0.39 is 4.92 Å². The zero-order valence-electron chi connectivity index (χ0n) is 13.2. The molecule has 1 aromatic carbocycles. The standard InChI is InChI=1S/C15H19N5O2S/c1-18(2)9-10-23-15-17-16-14(19(15)12-7-8-12)11-3-5-13(6-4-11)20(21)22/h3-6,12H,7-10H2,1-2H3. The number of nitro benzene ring substituents is 1. The van der Waals surface area contributed by atoms with E-state index in [4.69, 9.17) is 0 Å². The molecule has 1 fully saturated rings. The molecule has 1 heterocycles. The molecule has 1 aliphatic carbocycles. The SMILES string of the molecule is CN(C)CCSc1nnc(-c2ccc([N+](=O)[O-])cc2)n1C1CC1. The Balaban J connectivity index is 1.84. The fourth-order valence-corrected chi connectivity index (χ4v) is 3.40. The largest absolute Gasteiger partial charge is 0.309 e. The lowest BCUT2D eigenvalue weighted by molar-refractivity contribution is -0.384. The van der Waals surface area contributed by atoms with Crippen molar-refractivity contribution in [2.45, 2.75) is 24.0 Å². The molecule has 0 unspecified atom stereocenters. The highest BCUT2D eigenvalue weighted by molar-refractivity contribution is 7.99. The van der Waals surface area contributed by atoms with E-state index in [2.05, 4.69) is 33.8 Å². The van der Waals surface area contributed by atoms with Gasteiger partial charge in [-0.05, 0) is 39.1 Å². The van der Waals surface area contributed by atoms with Gasteiger partial charge in [0.1, 0.15) is 0 Å². The summed E-state index contributed by atoms with van der Waals surface area (Å²) in [6.45, 7) is 0.981. The summed E-state index contributed by atoms with van der Waals surface area (Å²) < 4.78 is 2.18. The van der Waals surface area contributed by atoms with Gasteiger partial charge in [-0.25, -0.2) is 0 Å². The Morgan fingerprint density at radius 3 is 2.57 bits per heavy atom. The molecule has 122 valence electrons. The monoisotopic (exact) mass is 333 g/mol. The van der Waals surface area contributed by atoms with Crippen molar-refractivity contribution in [3.8, 4) is 11.4 Å². The van der Waals surface area contributed by atoms with E-state index in [1.54, 1.807) is 23.9 Å². The van der Waals surface area contributed by atoms with Crippen LogP contribution in [-0.2, 0) is 0 Å². The van der Waals surface area contributed by atoms with Crippen LogP contribution in [0.1, 0.15) is 18.9 Å². The highest BCUT2D eigenvalue weighted by Crippen LogP contribution is 2.41. The zero-order valence-corrected chi connectivity index (χ0v) is 14.0. The highest BCUT2D eigenvalue weighted by Gasteiger charge is 2.30. The molecule has 1 aromatic heterocycles. The van der Waals surface area contributed by atoms with Crippen LogP contribution in [0, 0.1) is 10.1 Å². The van der Waals surface area contributed by atoms with Gasteiger partial charge in [-0.15, -0.1) is 10.2 Å². The van der Waals surface area contributed by atoms with Crippen LogP contribution in [0.4, 0.5) is 5.69 Å². The third-order valence-electron chi connectivity index (χ3n) is 3.68. The molecule has 3 rings (SSSR count). The van der Waals surface area contributed by atoms with Crippen LogP contribution in [0.2, 0.25) is 0 Å². The lowest BCUT2D eigenvalue weighted by Crippen LogP contribution is -2.15. The van der Waals surface area contributed by atoms with Crippen molar-refractivity contribution >= 4 is 17.4 Å². The smallest absolute Gasteiger partial charge is 0.269 e. The zero-order chi connectivity index (χ0) is 16.4. The second-order valence-corrected chi connectivity index (χ2v) is 6.93. The number of non-ortho nitro benzene ring substituents is 1. The lowest BCUT2D eigenvalue weighted by Gasteiger charge is -2.10. The average molecular weight is 333 g/mol. The number of aromatic nitrogens is 3. The fraction of sp³-hybridized carbons (Fsp3) is 0.467. The van der Waals surface area contributed by atoms with Crippen molar-refractivity contribution in [2.24, 2.45) is 0 Å². The summed E-state index contributed by atoms with van der Waals surface area (Å²) in [6.07, 6.45) is 2.28. The van der Waals surface area contributed by atoms with Gasteiger partial charge < -0.3 is 4.90 Å². The van der Waals surface area contributed by atoms with Gasteiger partial charge in [0, 0.05) is 36.0 Å². The predicted molar refractivity (Wildman–Crippen MR) is 89.7 cm³/mol. The van der Waals surface area contributed by atoms with Crippen molar-refractivity contribution in [3.05, 3.63) is 34.4 Å². The normalized spacial score (nSPS) is 14.4. The topological polar surface area (TPSA) is 77.1 Å². The third kappa shape index (κ3) is 3.70. The van der Waals surface area contributed by atoms with Crippen LogP contribution in [-0.4, -0.2) is 51.0 Å². The molecule has 8 heteroatoms. The number of rotatable bonds is 7. The van der Waals surface area contributed by atoms with E-state index in [0.29, 0.717) is 6.04 Å². The molecule has 0 amide bonds. The minimum absolute atomic E-state index is 0.0896. The molecule has 2 aromatic rings. The summed E-state index contributed by atoms with van der Waals surface area (Å²) in [4.78, 5) is 12.5. The summed E-state index contributed by atoms with van der Waals surface area (Å²) in [5.41, 5.74) is 0.960. The van der Waals surface area contributed by atoms with Crippen molar-refractivity contribution in [2.75, 3.05) is 26.4 Å². The van der Waals surface area contributed by atoms with E-state index in [0.717, 1.165) is 41.7 Å². The molecule has 0 bridgehead atoms. The molecule has 7 nitrogen and oxygen atoms in total. The Labute approximate surface area is 138 Å². The van der Waals surface area contributed by atoms with Gasteiger partial charge >= 0.3 is 0 Å². The van der Waals surface area contributed by atoms with E-state index >= 15 is 0 Å². The summed E-state index contributed by atoms with van der Waals surface area (Å²) in [5, 5.41) is 20.4. The Kier molecular flexibility index (Phi) is 4.63. The van der Waals surface area contributed by atoms with Crippen LogP contribution < -0.4 is 0 Å². The van der Waals surface area contributed by atoms with Crippen molar-refractivity contribution < 1.29 is 4.92 Å². The van der Waals surface area contributed by atoms with E-state index in [9.17, 15) is 10.1 Å². The third-order valence-corrected chi connectivity index (χ3v) is 4.61. The maximum absolute atomic E-state index is 10.8. The van der Waals surface area contributed by atoms with Crippen LogP contribution in [0.15, 0.2) is 29.4 Å². The van der Waals surface area contributed by atoms with Crippen molar-refractivity contribution in [1.29, 1.82) is 0 Å². The van der Waals surface area contributed by atoms with Gasteiger partial charge in [-0.1, -0.05) is 11.8 Å². The highest BCUT2D eigenvalue weighted by atomic mass is 32.2. The Morgan fingerprint density at radius 1 is 1.30 bits per heavy atom. The molecule has 23 heavy (non-hydrogen) atoms. The van der Waals surface area contributed by atoms with Crippen molar-refractivity contribution in [1.82, 2.24) is 19.7 Å². The van der Waals surface area contributed by atoms with E-state index in [1.165, 1.54) is 12.1 Å². The van der Waals surface area contributed by atoms with Gasteiger partial charge in [-0.2, -0.15) is 0 Å². The second kappa shape index (κ2) is 6.67. The quantitative estimate of drug-likeness (QED) is 0.440. The first kappa shape index (κ1) is 15.9. The number of nitrogens with zero attached hydrogens (tertiary/aromatic N) is 5. The van der Waals surface area contributed by atoms with E-state index in [-0.39, 0.29) is 5.69 Å². The number of thioether (sulfide) groups is 1. The minimum atomic E-state index is -0.391. The van der Waals surface area contributed by atoms with Crippen LogP contribution >= 0.6 is 11.8 Å². The fourth-order valence-electron chi connectivity index (χ4n) is 2.29. The molecule has 0 saturated heterocycles. The van der Waals surface area contributed by atoms with Crippen LogP contribution in [0.5, 0.6) is 0 Å². The van der Waals surface area contributed by atoms with Gasteiger partial charge in [0.05, 0.1) is 4.92 Å². The van der Waals surface area contributed by atoms with E-state index in [1.807, 2.05) is 0 Å². The molecular formula is C15H19N5O2S. The Bertz CT molecular complexity index is 694. The average Bonchev–Trinajstić information content (AvgIpc) is 3.27. The number of nitro groups is 1. The summed E-state index contributed by atoms with van der Waals surface area (Å²) in [5.74, 6) is 1.76. The summed E-state index contributed by atoms with van der Waals surface area (Å²) in [6, 6.07) is 6.97. The first-order valence-electron chi connectivity index (χ1n) is 7.53. The number of hydrogen-bond acceptors (Lipinski definition) is 6. The molecular weight excluding hydrogens is 314 g/mol. The number of hydrogen-bond donors (Lipinski definition) is 0. The molecule has 0 radical (unpaired) electrons. The van der Waals surface area contributed by atoms with Crippen molar-refractivity contribution in [3.63, 3.8) is 0 Å². The maximum atomic E-state index is 10.8. The number of benzene rings is 1. The minimum Gasteiger partial charge on any atom is -0.309 e. The molecule has 1 aliphatic rings. The van der Waals surface area contributed by atoms with Gasteiger partial charge in [0.25, 0.3) is 5.69 Å². The summed E-state index contributed by atoms with van der Waals surface area (Å²) >= 11 is 1.71. The molecule has 0 spiro atoms. The molecule has 0 atom stereocenters.